The fourth-order valence-electron chi connectivity index (χ4n) is 2.32. The van der Waals surface area contributed by atoms with Crippen molar-refractivity contribution in [1.29, 1.82) is 0 Å². The van der Waals surface area contributed by atoms with E-state index in [1.54, 1.807) is 30.5 Å². The Hall–Kier alpha value is -2.34. The van der Waals surface area contributed by atoms with Gasteiger partial charge in [-0.2, -0.15) is 0 Å². The lowest BCUT2D eigenvalue weighted by Gasteiger charge is -2.25. The van der Waals surface area contributed by atoms with E-state index >= 15 is 0 Å². The van der Waals surface area contributed by atoms with Gasteiger partial charge in [0.25, 0.3) is 5.91 Å². The predicted molar refractivity (Wildman–Crippen MR) is 105 cm³/mol. The summed E-state index contributed by atoms with van der Waals surface area (Å²) in [5.74, 6) is 0.669. The Morgan fingerprint density at radius 2 is 1.76 bits per heavy atom. The molecule has 3 N–H and O–H groups in total. The normalized spacial score (nSPS) is 11.9. The maximum absolute atomic E-state index is 12.0. The molecule has 5 nitrogen and oxygen atoms in total. The van der Waals surface area contributed by atoms with E-state index < -0.39 is 0 Å². The molecule has 0 spiro atoms. The van der Waals surface area contributed by atoms with Crippen LogP contribution in [0.25, 0.3) is 0 Å². The van der Waals surface area contributed by atoms with Crippen LogP contribution < -0.4 is 16.0 Å². The Morgan fingerprint density at radius 1 is 1.04 bits per heavy atom. The molecule has 0 aliphatic heterocycles. The number of benzene rings is 1. The molecule has 6 heteroatoms. The highest BCUT2D eigenvalue weighted by Gasteiger charge is 2.21. The number of rotatable bonds is 7. The van der Waals surface area contributed by atoms with Gasteiger partial charge >= 0.3 is 0 Å². The molecule has 0 fully saturated rings. The van der Waals surface area contributed by atoms with Gasteiger partial charge in [0.2, 0.25) is 0 Å². The number of amides is 1. The van der Waals surface area contributed by atoms with Crippen LogP contribution in [0.1, 0.15) is 29.1 Å². The summed E-state index contributed by atoms with van der Waals surface area (Å²) >= 11 is 1.76. The minimum atomic E-state index is -0.0656. The fraction of sp³-hybridized carbons (Fsp3) is 0.368. The molecule has 0 unspecified atom stereocenters. The summed E-state index contributed by atoms with van der Waals surface area (Å²) in [5.41, 5.74) is 0.704. The van der Waals surface area contributed by atoms with Crippen LogP contribution in [0.15, 0.2) is 52.8 Å². The van der Waals surface area contributed by atoms with Gasteiger partial charge in [0.05, 0.1) is 0 Å². The second-order valence-corrected chi connectivity index (χ2v) is 7.28. The van der Waals surface area contributed by atoms with Gasteiger partial charge in [-0.05, 0) is 23.6 Å². The van der Waals surface area contributed by atoms with Crippen molar-refractivity contribution >= 4 is 23.2 Å². The number of hydrogen-bond acceptors (Lipinski definition) is 3. The van der Waals surface area contributed by atoms with Gasteiger partial charge in [-0.25, -0.2) is 0 Å². The Kier molecular flexibility index (Phi) is 7.01. The predicted octanol–water partition coefficient (Wildman–Crippen LogP) is 2.62. The van der Waals surface area contributed by atoms with Crippen LogP contribution >= 0.6 is 11.3 Å². The second kappa shape index (κ2) is 9.22. The van der Waals surface area contributed by atoms with Crippen molar-refractivity contribution in [1.82, 2.24) is 16.0 Å². The third-order valence-corrected chi connectivity index (χ3v) is 5.08. The molecule has 2 rings (SSSR count). The van der Waals surface area contributed by atoms with Crippen molar-refractivity contribution in [2.45, 2.75) is 19.3 Å². The van der Waals surface area contributed by atoms with Crippen molar-refractivity contribution in [3.63, 3.8) is 0 Å². The molecular weight excluding hydrogens is 332 g/mol. The van der Waals surface area contributed by atoms with Crippen LogP contribution in [0.2, 0.25) is 0 Å². The van der Waals surface area contributed by atoms with E-state index in [9.17, 15) is 4.79 Å². The molecule has 0 bridgehead atoms. The summed E-state index contributed by atoms with van der Waals surface area (Å²) in [6, 6.07) is 13.4. The van der Waals surface area contributed by atoms with Crippen molar-refractivity contribution in [2.24, 2.45) is 4.99 Å². The number of carbonyl (C=O) groups excluding carboxylic acids is 1. The average molecular weight is 359 g/mol. The number of carbonyl (C=O) groups is 1. The monoisotopic (exact) mass is 358 g/mol. The van der Waals surface area contributed by atoms with Crippen LogP contribution in [0, 0.1) is 0 Å². The first kappa shape index (κ1) is 19.0. The zero-order valence-electron chi connectivity index (χ0n) is 15.0. The minimum absolute atomic E-state index is 0.0350. The van der Waals surface area contributed by atoms with E-state index in [2.05, 4.69) is 52.3 Å². The summed E-state index contributed by atoms with van der Waals surface area (Å²) in [5, 5.41) is 11.6. The highest BCUT2D eigenvalue weighted by Crippen LogP contribution is 2.26. The Bertz CT molecular complexity index is 681. The van der Waals surface area contributed by atoms with Crippen LogP contribution in [-0.4, -0.2) is 38.5 Å². The molecule has 134 valence electrons. The first-order valence-electron chi connectivity index (χ1n) is 8.35. The zero-order chi connectivity index (χ0) is 18.1. The lowest BCUT2D eigenvalue weighted by Crippen LogP contribution is -2.45. The van der Waals surface area contributed by atoms with Crippen LogP contribution in [-0.2, 0) is 5.41 Å². The zero-order valence-corrected chi connectivity index (χ0v) is 15.8. The molecule has 0 saturated heterocycles. The van der Waals surface area contributed by atoms with Gasteiger partial charge in [-0.1, -0.05) is 38.1 Å². The molecule has 0 aliphatic carbocycles. The number of hydrogen-bond donors (Lipinski definition) is 3. The average Bonchev–Trinajstić information content (AvgIpc) is 3.17. The number of nitrogens with zero attached hydrogens (tertiary/aromatic N) is 1. The van der Waals surface area contributed by atoms with E-state index in [1.807, 2.05) is 18.2 Å². The Morgan fingerprint density at radius 3 is 2.40 bits per heavy atom. The van der Waals surface area contributed by atoms with E-state index in [4.69, 9.17) is 0 Å². The largest absolute Gasteiger partial charge is 0.356 e. The SMILES string of the molecule is CN=C(NCCNC(=O)c1ccccc1)NCC(C)(C)c1cccs1. The lowest BCUT2D eigenvalue weighted by molar-refractivity contribution is 0.0954. The van der Waals surface area contributed by atoms with Crippen molar-refractivity contribution in [2.75, 3.05) is 26.7 Å². The number of aliphatic imine (C=N–C) groups is 1. The summed E-state index contributed by atoms with van der Waals surface area (Å²) < 4.78 is 0. The summed E-state index contributed by atoms with van der Waals surface area (Å²) in [6.45, 7) is 6.34. The Labute approximate surface area is 153 Å². The quantitative estimate of drug-likeness (QED) is 0.405. The first-order valence-corrected chi connectivity index (χ1v) is 9.22. The molecule has 1 heterocycles. The van der Waals surface area contributed by atoms with Crippen molar-refractivity contribution in [3.05, 3.63) is 58.3 Å². The molecule has 1 aromatic carbocycles. The molecule has 1 amide bonds. The van der Waals surface area contributed by atoms with Gasteiger partial charge in [0.1, 0.15) is 0 Å². The molecule has 0 radical (unpaired) electrons. The molecule has 0 aliphatic rings. The van der Waals surface area contributed by atoms with Gasteiger partial charge in [0.15, 0.2) is 5.96 Å². The van der Waals surface area contributed by atoms with Crippen molar-refractivity contribution in [3.8, 4) is 0 Å². The summed E-state index contributed by atoms with van der Waals surface area (Å²) in [6.07, 6.45) is 0. The van der Waals surface area contributed by atoms with E-state index in [-0.39, 0.29) is 11.3 Å². The van der Waals surface area contributed by atoms with Crippen LogP contribution in [0.5, 0.6) is 0 Å². The van der Waals surface area contributed by atoms with E-state index in [1.165, 1.54) is 4.88 Å². The smallest absolute Gasteiger partial charge is 0.251 e. The molecule has 0 saturated carbocycles. The third-order valence-electron chi connectivity index (χ3n) is 3.85. The highest BCUT2D eigenvalue weighted by molar-refractivity contribution is 7.10. The topological polar surface area (TPSA) is 65.5 Å². The lowest BCUT2D eigenvalue weighted by atomic mass is 9.91. The summed E-state index contributed by atoms with van der Waals surface area (Å²) in [4.78, 5) is 17.5. The first-order chi connectivity index (χ1) is 12.0. The van der Waals surface area contributed by atoms with E-state index in [0.29, 0.717) is 18.7 Å². The third kappa shape index (κ3) is 5.90. The van der Waals surface area contributed by atoms with E-state index in [0.717, 1.165) is 12.5 Å². The van der Waals surface area contributed by atoms with Gasteiger partial charge < -0.3 is 16.0 Å². The van der Waals surface area contributed by atoms with Gasteiger partial charge in [0, 0.05) is 42.5 Å². The number of nitrogens with one attached hydrogen (secondary N) is 3. The highest BCUT2D eigenvalue weighted by atomic mass is 32.1. The molecular formula is C19H26N4OS. The molecule has 0 atom stereocenters. The van der Waals surface area contributed by atoms with Crippen molar-refractivity contribution < 1.29 is 4.79 Å². The maximum Gasteiger partial charge on any atom is 0.251 e. The molecule has 1 aromatic heterocycles. The number of thiophene rings is 1. The molecule has 25 heavy (non-hydrogen) atoms. The maximum atomic E-state index is 12.0. The van der Waals surface area contributed by atoms with Crippen LogP contribution in [0.3, 0.4) is 0 Å². The Balaban J connectivity index is 1.71. The standard InChI is InChI=1S/C19H26N4OS/c1-19(2,16-10-7-13-25-16)14-23-18(20-3)22-12-11-21-17(24)15-8-5-4-6-9-15/h4-10,13H,11-12,14H2,1-3H3,(H,21,24)(H2,20,22,23). The minimum Gasteiger partial charge on any atom is -0.356 e. The van der Waals surface area contributed by atoms with Crippen LogP contribution in [0.4, 0.5) is 0 Å². The molecule has 2 aromatic rings. The summed E-state index contributed by atoms with van der Waals surface area (Å²) in [7, 11) is 1.75. The number of guanidine groups is 1. The fourth-order valence-corrected chi connectivity index (χ4v) is 3.18. The van der Waals surface area contributed by atoms with Gasteiger partial charge in [-0.3, -0.25) is 9.79 Å². The second-order valence-electron chi connectivity index (χ2n) is 6.34. The van der Waals surface area contributed by atoms with Gasteiger partial charge in [-0.15, -0.1) is 11.3 Å².